The monoisotopic (exact) mass is 356 g/mol. The molecule has 2 heterocycles. The quantitative estimate of drug-likeness (QED) is 0.570. The number of rotatable bonds is 3. The van der Waals surface area contributed by atoms with Gasteiger partial charge >= 0.3 is 0 Å². The normalized spacial score (nSPS) is 17.2. The largest absolute Gasteiger partial charge is 0.254 e. The van der Waals surface area contributed by atoms with Crippen LogP contribution in [0.5, 0.6) is 0 Å². The Balaban J connectivity index is 1.77. The van der Waals surface area contributed by atoms with Gasteiger partial charge in [-0.05, 0) is 41.3 Å². The van der Waals surface area contributed by atoms with E-state index in [-0.39, 0.29) is 11.9 Å². The Morgan fingerprint density at radius 1 is 1.04 bits per heavy atom. The van der Waals surface area contributed by atoms with Crippen LogP contribution in [-0.4, -0.2) is 5.71 Å². The fourth-order valence-corrected chi connectivity index (χ4v) is 3.83. The number of benzene rings is 2. The van der Waals surface area contributed by atoms with Gasteiger partial charge < -0.3 is 0 Å². The average molecular weight is 357 g/mol. The Hall–Kier alpha value is -2.17. The number of halogens is 2. The van der Waals surface area contributed by atoms with Crippen molar-refractivity contribution in [3.63, 3.8) is 0 Å². The zero-order valence-corrected chi connectivity index (χ0v) is 14.3. The number of hydrogen-bond donors (Lipinski definition) is 0. The molecule has 1 unspecified atom stereocenters. The lowest BCUT2D eigenvalue weighted by Gasteiger charge is -2.22. The first kappa shape index (κ1) is 15.4. The Bertz CT molecular complexity index is 875. The molecule has 1 atom stereocenters. The van der Waals surface area contributed by atoms with Crippen molar-refractivity contribution in [1.82, 2.24) is 0 Å². The molecule has 4 rings (SSSR count). The van der Waals surface area contributed by atoms with Crippen LogP contribution >= 0.6 is 22.9 Å². The lowest BCUT2D eigenvalue weighted by molar-refractivity contribution is 0.608. The second-order valence-corrected chi connectivity index (χ2v) is 7.00. The number of hydrogen-bond acceptors (Lipinski definition) is 3. The van der Waals surface area contributed by atoms with E-state index in [1.54, 1.807) is 28.5 Å². The second kappa shape index (κ2) is 6.38. The van der Waals surface area contributed by atoms with Crippen molar-refractivity contribution in [2.24, 2.45) is 5.10 Å². The average Bonchev–Trinajstić information content (AvgIpc) is 3.25. The molecule has 0 amide bonds. The van der Waals surface area contributed by atoms with Crippen LogP contribution in [0.15, 0.2) is 71.1 Å². The summed E-state index contributed by atoms with van der Waals surface area (Å²) in [5.74, 6) is -0.264. The molecule has 120 valence electrons. The van der Waals surface area contributed by atoms with Crippen LogP contribution in [0.4, 0.5) is 10.1 Å². The first-order valence-corrected chi connectivity index (χ1v) is 8.89. The van der Waals surface area contributed by atoms with E-state index >= 15 is 0 Å². The van der Waals surface area contributed by atoms with Gasteiger partial charge in [0.15, 0.2) is 0 Å². The summed E-state index contributed by atoms with van der Waals surface area (Å²) in [4.78, 5) is 1.17. The molecule has 0 aliphatic carbocycles. The lowest BCUT2D eigenvalue weighted by atomic mass is 10.0. The molecule has 1 aromatic heterocycles. The van der Waals surface area contributed by atoms with Crippen molar-refractivity contribution in [1.29, 1.82) is 0 Å². The maximum absolute atomic E-state index is 14.3. The number of nitrogens with zero attached hydrogens (tertiary/aromatic N) is 2. The minimum absolute atomic E-state index is 0.00702. The SMILES string of the molecule is Fc1ccccc1N1N=C(c2ccc(Cl)cc2)CC1c1cccs1. The van der Waals surface area contributed by atoms with Gasteiger partial charge in [0.2, 0.25) is 0 Å². The molecule has 0 fully saturated rings. The first-order valence-electron chi connectivity index (χ1n) is 7.63. The molecule has 1 aliphatic rings. The highest BCUT2D eigenvalue weighted by Crippen LogP contribution is 2.39. The summed E-state index contributed by atoms with van der Waals surface area (Å²) < 4.78 is 14.3. The summed E-state index contributed by atoms with van der Waals surface area (Å²) >= 11 is 7.64. The maximum Gasteiger partial charge on any atom is 0.148 e. The highest BCUT2D eigenvalue weighted by molar-refractivity contribution is 7.10. The zero-order chi connectivity index (χ0) is 16.5. The number of para-hydroxylation sites is 1. The van der Waals surface area contributed by atoms with Crippen LogP contribution in [0.3, 0.4) is 0 Å². The standard InChI is InChI=1S/C19H14ClFN2S/c20-14-9-7-13(8-10-14)16-12-18(19-6-3-11-24-19)23(22-16)17-5-2-1-4-15(17)21/h1-11,18H,12H2. The van der Waals surface area contributed by atoms with E-state index in [1.807, 2.05) is 41.8 Å². The number of anilines is 1. The van der Waals surface area contributed by atoms with Crippen molar-refractivity contribution >= 4 is 34.3 Å². The Morgan fingerprint density at radius 3 is 2.54 bits per heavy atom. The van der Waals surface area contributed by atoms with Crippen molar-refractivity contribution in [3.05, 3.63) is 87.3 Å². The van der Waals surface area contributed by atoms with Gasteiger partial charge in [-0.1, -0.05) is 41.9 Å². The van der Waals surface area contributed by atoms with E-state index in [4.69, 9.17) is 16.7 Å². The van der Waals surface area contributed by atoms with Gasteiger partial charge in [-0.3, -0.25) is 5.01 Å². The van der Waals surface area contributed by atoms with E-state index in [0.717, 1.165) is 17.7 Å². The second-order valence-electron chi connectivity index (χ2n) is 5.58. The summed E-state index contributed by atoms with van der Waals surface area (Å²) in [5.41, 5.74) is 2.45. The molecule has 0 spiro atoms. The van der Waals surface area contributed by atoms with Crippen LogP contribution in [0.25, 0.3) is 0 Å². The van der Waals surface area contributed by atoms with Gasteiger partial charge in [0.05, 0.1) is 17.4 Å². The third-order valence-electron chi connectivity index (χ3n) is 4.06. The van der Waals surface area contributed by atoms with Gasteiger partial charge in [-0.25, -0.2) is 4.39 Å². The van der Waals surface area contributed by atoms with Crippen molar-refractivity contribution < 1.29 is 4.39 Å². The van der Waals surface area contributed by atoms with Crippen LogP contribution in [-0.2, 0) is 0 Å². The summed E-state index contributed by atoms with van der Waals surface area (Å²) in [5, 5.41) is 9.26. The third kappa shape index (κ3) is 2.83. The molecule has 5 heteroatoms. The fourth-order valence-electron chi connectivity index (χ4n) is 2.89. The van der Waals surface area contributed by atoms with E-state index in [9.17, 15) is 4.39 Å². The lowest BCUT2D eigenvalue weighted by Crippen LogP contribution is -2.18. The molecular formula is C19H14ClFN2S. The van der Waals surface area contributed by atoms with Gasteiger partial charge in [-0.2, -0.15) is 5.10 Å². The Labute approximate surface area is 148 Å². The Morgan fingerprint density at radius 2 is 1.83 bits per heavy atom. The molecule has 0 saturated carbocycles. The molecule has 0 N–H and O–H groups in total. The first-order chi connectivity index (χ1) is 11.7. The minimum Gasteiger partial charge on any atom is -0.254 e. The predicted molar refractivity (Wildman–Crippen MR) is 98.5 cm³/mol. The van der Waals surface area contributed by atoms with Crippen LogP contribution in [0.1, 0.15) is 22.9 Å². The Kier molecular flexibility index (Phi) is 4.08. The zero-order valence-electron chi connectivity index (χ0n) is 12.7. The van der Waals surface area contributed by atoms with Crippen molar-refractivity contribution in [3.8, 4) is 0 Å². The van der Waals surface area contributed by atoms with Gasteiger partial charge in [0, 0.05) is 16.3 Å². The van der Waals surface area contributed by atoms with E-state index < -0.39 is 0 Å². The smallest absolute Gasteiger partial charge is 0.148 e. The molecule has 1 aliphatic heterocycles. The molecule has 3 aromatic rings. The van der Waals surface area contributed by atoms with E-state index in [1.165, 1.54) is 10.9 Å². The predicted octanol–water partition coefficient (Wildman–Crippen LogP) is 5.90. The van der Waals surface area contributed by atoms with Gasteiger partial charge in [-0.15, -0.1) is 11.3 Å². The summed E-state index contributed by atoms with van der Waals surface area (Å²) in [6.07, 6.45) is 0.733. The molecule has 2 nitrogen and oxygen atoms in total. The van der Waals surface area contributed by atoms with E-state index in [0.29, 0.717) is 10.7 Å². The maximum atomic E-state index is 14.3. The van der Waals surface area contributed by atoms with Gasteiger partial charge in [0.25, 0.3) is 0 Å². The molecular weight excluding hydrogens is 343 g/mol. The molecule has 2 aromatic carbocycles. The van der Waals surface area contributed by atoms with Crippen LogP contribution < -0.4 is 5.01 Å². The topological polar surface area (TPSA) is 15.6 Å². The number of hydrazone groups is 1. The fraction of sp³-hybridized carbons (Fsp3) is 0.105. The third-order valence-corrected chi connectivity index (χ3v) is 5.28. The summed E-state index contributed by atoms with van der Waals surface area (Å²) in [6.45, 7) is 0. The summed E-state index contributed by atoms with van der Waals surface area (Å²) in [7, 11) is 0. The van der Waals surface area contributed by atoms with E-state index in [2.05, 4.69) is 6.07 Å². The van der Waals surface area contributed by atoms with Crippen molar-refractivity contribution in [2.75, 3.05) is 5.01 Å². The van der Waals surface area contributed by atoms with Crippen LogP contribution in [0.2, 0.25) is 5.02 Å². The van der Waals surface area contributed by atoms with Crippen molar-refractivity contribution in [2.45, 2.75) is 12.5 Å². The number of thiophene rings is 1. The molecule has 24 heavy (non-hydrogen) atoms. The van der Waals surface area contributed by atoms with Gasteiger partial charge in [0.1, 0.15) is 5.82 Å². The highest BCUT2D eigenvalue weighted by atomic mass is 35.5. The minimum atomic E-state index is -0.264. The molecule has 0 bridgehead atoms. The molecule has 0 saturated heterocycles. The summed E-state index contributed by atoms with van der Waals surface area (Å²) in [6, 6.07) is 18.5. The highest BCUT2D eigenvalue weighted by Gasteiger charge is 2.31. The molecule has 0 radical (unpaired) electrons. The van der Waals surface area contributed by atoms with Crippen LogP contribution in [0, 0.1) is 5.82 Å².